The first-order valence-corrected chi connectivity index (χ1v) is 11.1. The molecule has 6 rings (SSSR count). The molecule has 0 spiro atoms. The van der Waals surface area contributed by atoms with Crippen LogP contribution in [0.4, 0.5) is 10.2 Å². The van der Waals surface area contributed by atoms with E-state index >= 15 is 0 Å². The van der Waals surface area contributed by atoms with Gasteiger partial charge >= 0.3 is 0 Å². The Kier molecular flexibility index (Phi) is 4.96. The van der Waals surface area contributed by atoms with Crippen molar-refractivity contribution in [2.45, 2.75) is 6.54 Å². The molecule has 0 fully saturated rings. The molecule has 8 nitrogen and oxygen atoms in total. The van der Waals surface area contributed by atoms with Crippen molar-refractivity contribution in [2.75, 3.05) is 5.73 Å². The summed E-state index contributed by atoms with van der Waals surface area (Å²) in [6.45, 7) is 0.0116. The summed E-state index contributed by atoms with van der Waals surface area (Å²) in [4.78, 5) is 22.0. The van der Waals surface area contributed by atoms with Crippen LogP contribution in [-0.2, 0) is 6.54 Å². The molecule has 3 N–H and O–H groups in total. The maximum atomic E-state index is 14.1. The molecule has 0 bridgehead atoms. The number of benzene rings is 3. The predicted octanol–water partition coefficient (Wildman–Crippen LogP) is 4.74. The van der Waals surface area contributed by atoms with E-state index in [1.54, 1.807) is 65.3 Å². The maximum absolute atomic E-state index is 14.1. The van der Waals surface area contributed by atoms with Gasteiger partial charge in [-0.15, -0.1) is 0 Å². The number of nitrogens with zero attached hydrogens (tertiary/aromatic N) is 4. The molecule has 36 heavy (non-hydrogen) atoms. The number of aromatic hydroxyl groups is 1. The van der Waals surface area contributed by atoms with E-state index in [0.29, 0.717) is 38.8 Å². The summed E-state index contributed by atoms with van der Waals surface area (Å²) in [5.74, 6) is 0.102. The van der Waals surface area contributed by atoms with Gasteiger partial charge in [-0.1, -0.05) is 36.4 Å². The third-order valence-corrected chi connectivity index (χ3v) is 5.96. The second-order valence-electron chi connectivity index (χ2n) is 8.25. The molecule has 3 aromatic heterocycles. The number of aromatic nitrogens is 4. The molecule has 0 radical (unpaired) electrons. The van der Waals surface area contributed by atoms with Gasteiger partial charge in [0.05, 0.1) is 16.3 Å². The number of rotatable bonds is 4. The zero-order chi connectivity index (χ0) is 24.8. The lowest BCUT2D eigenvalue weighted by atomic mass is 10.0. The van der Waals surface area contributed by atoms with Crippen LogP contribution in [0, 0.1) is 5.82 Å². The van der Waals surface area contributed by atoms with Crippen LogP contribution in [0.3, 0.4) is 0 Å². The van der Waals surface area contributed by atoms with E-state index < -0.39 is 5.82 Å². The van der Waals surface area contributed by atoms with Gasteiger partial charge in [-0.25, -0.2) is 19.0 Å². The molecule has 0 amide bonds. The number of nitrogen functional groups attached to an aromatic ring is 1. The van der Waals surface area contributed by atoms with Crippen LogP contribution in [0.15, 0.2) is 88.3 Å². The highest BCUT2D eigenvalue weighted by Gasteiger charge is 2.22. The standard InChI is InChI=1S/C27H18FN5O3/c28-17-7-3-5-15(11-17)22-21(36-20-10-2-1-9-19(20)25(22)35)13-33-27-23(26(29)30-14-31-27)24(32-33)16-6-4-8-18(34)12-16/h1-12,14,34H,13H2,(H2,29,30,31). The van der Waals surface area contributed by atoms with E-state index in [1.807, 2.05) is 0 Å². The van der Waals surface area contributed by atoms with E-state index in [0.717, 1.165) is 0 Å². The lowest BCUT2D eigenvalue weighted by Gasteiger charge is -2.11. The zero-order valence-electron chi connectivity index (χ0n) is 18.7. The van der Waals surface area contributed by atoms with E-state index in [2.05, 4.69) is 9.97 Å². The van der Waals surface area contributed by atoms with Crippen LogP contribution in [0.1, 0.15) is 5.76 Å². The molecule has 6 aromatic rings. The topological polar surface area (TPSA) is 120 Å². The Morgan fingerprint density at radius 2 is 1.78 bits per heavy atom. The SMILES string of the molecule is Nc1ncnc2c1c(-c1cccc(O)c1)nn2Cc1oc2ccccc2c(=O)c1-c1cccc(F)c1. The summed E-state index contributed by atoms with van der Waals surface area (Å²) in [7, 11) is 0. The first-order chi connectivity index (χ1) is 17.5. The van der Waals surface area contributed by atoms with Crippen LogP contribution >= 0.6 is 0 Å². The van der Waals surface area contributed by atoms with Crippen molar-refractivity contribution >= 4 is 27.8 Å². The number of hydrogen-bond acceptors (Lipinski definition) is 7. The van der Waals surface area contributed by atoms with E-state index in [1.165, 1.54) is 18.5 Å². The summed E-state index contributed by atoms with van der Waals surface area (Å²) in [5, 5.41) is 15.6. The molecule has 0 aliphatic rings. The van der Waals surface area contributed by atoms with Gasteiger partial charge in [0.15, 0.2) is 5.65 Å². The third-order valence-electron chi connectivity index (χ3n) is 5.96. The number of nitrogens with two attached hydrogens (primary N) is 1. The normalized spacial score (nSPS) is 11.4. The minimum Gasteiger partial charge on any atom is -0.508 e. The highest BCUT2D eigenvalue weighted by atomic mass is 19.1. The highest BCUT2D eigenvalue weighted by Crippen LogP contribution is 2.33. The van der Waals surface area contributed by atoms with Crippen LogP contribution in [-0.4, -0.2) is 24.9 Å². The highest BCUT2D eigenvalue weighted by molar-refractivity contribution is 5.98. The average molecular weight is 479 g/mol. The van der Waals surface area contributed by atoms with Crippen molar-refractivity contribution in [3.63, 3.8) is 0 Å². The molecule has 0 aliphatic carbocycles. The Balaban J connectivity index is 1.60. The van der Waals surface area contributed by atoms with Gasteiger partial charge in [0, 0.05) is 5.56 Å². The largest absolute Gasteiger partial charge is 0.508 e. The van der Waals surface area contributed by atoms with Crippen molar-refractivity contribution < 1.29 is 13.9 Å². The monoisotopic (exact) mass is 479 g/mol. The fourth-order valence-corrected chi connectivity index (χ4v) is 4.37. The molecule has 0 saturated heterocycles. The maximum Gasteiger partial charge on any atom is 0.200 e. The minimum absolute atomic E-state index is 0.0116. The van der Waals surface area contributed by atoms with Crippen molar-refractivity contribution in [2.24, 2.45) is 0 Å². The van der Waals surface area contributed by atoms with Gasteiger partial charge in [-0.3, -0.25) is 4.79 Å². The number of phenols is 1. The van der Waals surface area contributed by atoms with Crippen LogP contribution in [0.25, 0.3) is 44.4 Å². The smallest absolute Gasteiger partial charge is 0.200 e. The molecular formula is C27H18FN5O3. The molecular weight excluding hydrogens is 461 g/mol. The average Bonchev–Trinajstić information content (AvgIpc) is 3.24. The summed E-state index contributed by atoms with van der Waals surface area (Å²) in [6, 6.07) is 19.3. The molecule has 0 unspecified atom stereocenters. The molecule has 3 heterocycles. The van der Waals surface area contributed by atoms with Crippen molar-refractivity contribution in [3.05, 3.63) is 101 Å². The third kappa shape index (κ3) is 3.54. The first kappa shape index (κ1) is 21.5. The van der Waals surface area contributed by atoms with E-state index in [9.17, 15) is 14.3 Å². The Morgan fingerprint density at radius 3 is 2.61 bits per heavy atom. The lowest BCUT2D eigenvalue weighted by Crippen LogP contribution is -2.13. The Bertz CT molecular complexity index is 1840. The van der Waals surface area contributed by atoms with Crippen LogP contribution in [0.5, 0.6) is 5.75 Å². The number of halogens is 1. The summed E-state index contributed by atoms with van der Waals surface area (Å²) < 4.78 is 21.9. The predicted molar refractivity (Wildman–Crippen MR) is 134 cm³/mol. The van der Waals surface area contributed by atoms with Crippen molar-refractivity contribution in [3.8, 4) is 28.1 Å². The number of para-hydroxylation sites is 1. The molecule has 3 aromatic carbocycles. The Labute approximate surface area is 203 Å². The number of phenolic OH excluding ortho intramolecular Hbond substituents is 1. The second kappa shape index (κ2) is 8.31. The zero-order valence-corrected chi connectivity index (χ0v) is 18.7. The summed E-state index contributed by atoms with van der Waals surface area (Å²) in [5.41, 5.74) is 8.44. The molecule has 0 atom stereocenters. The fraction of sp³-hybridized carbons (Fsp3) is 0.0370. The van der Waals surface area contributed by atoms with Gasteiger partial charge < -0.3 is 15.3 Å². The van der Waals surface area contributed by atoms with Gasteiger partial charge in [0.1, 0.15) is 47.3 Å². The molecule has 0 saturated carbocycles. The summed E-state index contributed by atoms with van der Waals surface area (Å²) in [6.07, 6.45) is 1.33. The van der Waals surface area contributed by atoms with Gasteiger partial charge in [-0.2, -0.15) is 5.10 Å². The Morgan fingerprint density at radius 1 is 0.972 bits per heavy atom. The number of hydrogen-bond donors (Lipinski definition) is 2. The first-order valence-electron chi connectivity index (χ1n) is 11.1. The quantitative estimate of drug-likeness (QED) is 0.375. The minimum atomic E-state index is -0.470. The van der Waals surface area contributed by atoms with Crippen molar-refractivity contribution in [1.29, 1.82) is 0 Å². The lowest BCUT2D eigenvalue weighted by molar-refractivity contribution is 0.475. The van der Waals surface area contributed by atoms with Crippen LogP contribution < -0.4 is 11.2 Å². The van der Waals surface area contributed by atoms with E-state index in [4.69, 9.17) is 15.2 Å². The van der Waals surface area contributed by atoms with Gasteiger partial charge in [-0.05, 0) is 42.0 Å². The van der Waals surface area contributed by atoms with Crippen LogP contribution in [0.2, 0.25) is 0 Å². The molecule has 0 aliphatic heterocycles. The fourth-order valence-electron chi connectivity index (χ4n) is 4.37. The number of anilines is 1. The summed E-state index contributed by atoms with van der Waals surface area (Å²) >= 11 is 0. The van der Waals surface area contributed by atoms with Gasteiger partial charge in [0.2, 0.25) is 5.43 Å². The molecule has 176 valence electrons. The van der Waals surface area contributed by atoms with Gasteiger partial charge in [0.25, 0.3) is 0 Å². The second-order valence-corrected chi connectivity index (χ2v) is 8.25. The number of fused-ring (bicyclic) bond motifs is 2. The molecule has 9 heteroatoms. The van der Waals surface area contributed by atoms with Crippen molar-refractivity contribution in [1.82, 2.24) is 19.7 Å². The van der Waals surface area contributed by atoms with E-state index in [-0.39, 0.29) is 34.9 Å². The Hall–Kier alpha value is -5.05.